The Morgan fingerprint density at radius 3 is 2.58 bits per heavy atom. The number of nitrogens with one attached hydrogen (secondary N) is 1. The van der Waals surface area contributed by atoms with Gasteiger partial charge in [0.2, 0.25) is 0 Å². The summed E-state index contributed by atoms with van der Waals surface area (Å²) in [4.78, 5) is 51.4. The highest BCUT2D eigenvalue weighted by molar-refractivity contribution is 7.70. The first-order chi connectivity index (χ1) is 11.0. The van der Waals surface area contributed by atoms with Gasteiger partial charge in [-0.25, -0.2) is 4.79 Å². The molecule has 2 rings (SSSR count). The molecule has 12 nitrogen and oxygen atoms in total. The lowest BCUT2D eigenvalue weighted by Gasteiger charge is -2.18. The lowest BCUT2D eigenvalue weighted by atomic mass is 10.2. The number of aromatic amines is 1. The van der Waals surface area contributed by atoms with Crippen LogP contribution in [0.4, 0.5) is 0 Å². The van der Waals surface area contributed by atoms with Crippen molar-refractivity contribution in [3.8, 4) is 0 Å². The molecule has 1 fully saturated rings. The predicted molar refractivity (Wildman–Crippen MR) is 78.5 cm³/mol. The van der Waals surface area contributed by atoms with Crippen LogP contribution in [0.25, 0.3) is 0 Å². The smallest absolute Gasteiger partial charge is 0.340 e. The maximum absolute atomic E-state index is 11.7. The van der Waals surface area contributed by atoms with Crippen molar-refractivity contribution in [2.24, 2.45) is 0 Å². The molecular weight excluding hydrogens is 370 g/mol. The van der Waals surface area contributed by atoms with Gasteiger partial charge in [-0.3, -0.25) is 23.5 Å². The van der Waals surface area contributed by atoms with Crippen molar-refractivity contribution in [1.82, 2.24) is 9.55 Å². The van der Waals surface area contributed by atoms with E-state index in [0.717, 1.165) is 10.6 Å². The van der Waals surface area contributed by atoms with Crippen molar-refractivity contribution in [1.29, 1.82) is 0 Å². The Balaban J connectivity index is 2.01. The van der Waals surface area contributed by atoms with Gasteiger partial charge in [-0.05, 0) is 0 Å². The molecule has 0 radical (unpaired) electrons. The molecule has 1 saturated heterocycles. The summed E-state index contributed by atoms with van der Waals surface area (Å²) >= 11 is 0. The minimum atomic E-state index is -4.76. The zero-order valence-corrected chi connectivity index (χ0v) is 13.9. The van der Waals surface area contributed by atoms with E-state index in [4.69, 9.17) is 14.5 Å². The number of H-pyrrole nitrogens is 1. The third-order valence-electron chi connectivity index (χ3n) is 3.17. The second kappa shape index (κ2) is 7.03. The molecule has 5 N–H and O–H groups in total. The lowest BCUT2D eigenvalue weighted by Crippen LogP contribution is -2.31. The molecule has 2 heterocycles. The van der Waals surface area contributed by atoms with Gasteiger partial charge in [0, 0.05) is 18.7 Å². The number of hydrogen-bond donors (Lipinski definition) is 5. The Hall–Kier alpha value is -1.10. The molecule has 0 aliphatic carbocycles. The number of ether oxygens (including phenoxy) is 1. The van der Waals surface area contributed by atoms with Crippen LogP contribution in [0.5, 0.6) is 0 Å². The zero-order valence-electron chi connectivity index (χ0n) is 12.1. The SMILES string of the molecule is O=c1ccn([C@H]2CC(O)[C@@H](COP(=O)(O)CP(=O)(O)O)O2)c(=O)[nH]1. The van der Waals surface area contributed by atoms with E-state index in [1.165, 1.54) is 6.20 Å². The summed E-state index contributed by atoms with van der Waals surface area (Å²) in [5.74, 6) is -1.36. The standard InChI is InChI=1S/C10H16N2O10P2/c13-6-3-9(12-2-1-8(14)11-10(12)15)22-7(6)4-21-24(19,20)5-23(16,17)18/h1-2,6-7,9,13H,3-5H2,(H,19,20)(H,11,14,15)(H2,16,17,18)/t6?,7-,9-/m1/s1. The second-order valence-electron chi connectivity index (χ2n) is 5.19. The van der Waals surface area contributed by atoms with Gasteiger partial charge in [0.1, 0.15) is 12.3 Å². The van der Waals surface area contributed by atoms with Crippen molar-refractivity contribution in [3.05, 3.63) is 33.1 Å². The van der Waals surface area contributed by atoms with Gasteiger partial charge < -0.3 is 29.0 Å². The highest BCUT2D eigenvalue weighted by atomic mass is 31.2. The van der Waals surface area contributed by atoms with Gasteiger partial charge in [-0.2, -0.15) is 0 Å². The Morgan fingerprint density at radius 1 is 1.33 bits per heavy atom. The number of aliphatic hydroxyl groups excluding tert-OH is 1. The van der Waals surface area contributed by atoms with Crippen molar-refractivity contribution in [3.63, 3.8) is 0 Å². The first kappa shape index (κ1) is 19.2. The largest absolute Gasteiger partial charge is 0.390 e. The minimum absolute atomic E-state index is 0.0474. The van der Waals surface area contributed by atoms with Crippen LogP contribution in [0.3, 0.4) is 0 Å². The first-order valence-corrected chi connectivity index (χ1v) is 10.2. The fourth-order valence-corrected chi connectivity index (χ4v) is 4.72. The topological polar surface area (TPSA) is 188 Å². The van der Waals surface area contributed by atoms with Gasteiger partial charge in [-0.1, -0.05) is 0 Å². The average Bonchev–Trinajstić information content (AvgIpc) is 2.75. The zero-order chi connectivity index (χ0) is 18.1. The Morgan fingerprint density at radius 2 is 2.00 bits per heavy atom. The summed E-state index contributed by atoms with van der Waals surface area (Å²) in [5.41, 5.74) is -1.36. The highest BCUT2D eigenvalue weighted by Gasteiger charge is 2.38. The molecule has 14 heteroatoms. The third kappa shape index (κ3) is 5.20. The molecule has 0 amide bonds. The van der Waals surface area contributed by atoms with Crippen LogP contribution in [0.15, 0.2) is 21.9 Å². The van der Waals surface area contributed by atoms with E-state index in [1.54, 1.807) is 0 Å². The Labute approximate surface area is 134 Å². The van der Waals surface area contributed by atoms with Gasteiger partial charge in [0.05, 0.1) is 12.7 Å². The molecule has 1 aliphatic rings. The van der Waals surface area contributed by atoms with Gasteiger partial charge in [0.25, 0.3) is 5.56 Å². The maximum atomic E-state index is 11.7. The summed E-state index contributed by atoms with van der Waals surface area (Å²) < 4.78 is 33.2. The molecule has 4 atom stereocenters. The van der Waals surface area contributed by atoms with Gasteiger partial charge in [0.15, 0.2) is 5.90 Å². The van der Waals surface area contributed by atoms with Crippen LogP contribution in [0.2, 0.25) is 0 Å². The number of aliphatic hydroxyl groups is 1. The van der Waals surface area contributed by atoms with Gasteiger partial charge in [-0.15, -0.1) is 0 Å². The van der Waals surface area contributed by atoms with Crippen LogP contribution in [-0.2, 0) is 18.4 Å². The predicted octanol–water partition coefficient (Wildman–Crippen LogP) is -1.48. The van der Waals surface area contributed by atoms with Gasteiger partial charge >= 0.3 is 20.9 Å². The maximum Gasteiger partial charge on any atom is 0.340 e. The molecule has 24 heavy (non-hydrogen) atoms. The number of aromatic nitrogens is 2. The van der Waals surface area contributed by atoms with E-state index < -0.39 is 57.4 Å². The van der Waals surface area contributed by atoms with E-state index in [1.807, 2.05) is 4.98 Å². The quantitative estimate of drug-likeness (QED) is 0.361. The highest BCUT2D eigenvalue weighted by Crippen LogP contribution is 2.55. The summed E-state index contributed by atoms with van der Waals surface area (Å²) in [6, 6.07) is 1.09. The molecule has 0 spiro atoms. The molecule has 0 bridgehead atoms. The third-order valence-corrected chi connectivity index (χ3v) is 6.63. The molecule has 0 saturated carbocycles. The van der Waals surface area contributed by atoms with Crippen molar-refractivity contribution in [2.45, 2.75) is 24.9 Å². The summed E-state index contributed by atoms with van der Waals surface area (Å²) in [6.07, 6.45) is -2.05. The molecule has 1 aliphatic heterocycles. The summed E-state index contributed by atoms with van der Waals surface area (Å²) in [7, 11) is -9.33. The number of rotatable bonds is 6. The minimum Gasteiger partial charge on any atom is -0.390 e. The second-order valence-corrected chi connectivity index (χ2v) is 9.18. The fraction of sp³-hybridized carbons (Fsp3) is 0.600. The van der Waals surface area contributed by atoms with E-state index in [-0.39, 0.29) is 6.42 Å². The molecule has 2 unspecified atom stereocenters. The van der Waals surface area contributed by atoms with E-state index in [9.17, 15) is 28.7 Å². The molecule has 1 aromatic rings. The van der Waals surface area contributed by atoms with Crippen molar-refractivity contribution >= 4 is 15.2 Å². The van der Waals surface area contributed by atoms with E-state index in [2.05, 4.69) is 4.52 Å². The monoisotopic (exact) mass is 386 g/mol. The summed E-state index contributed by atoms with van der Waals surface area (Å²) in [5, 5.41) is 9.88. The molecule has 0 aromatic carbocycles. The molecule has 1 aromatic heterocycles. The Bertz CT molecular complexity index is 797. The van der Waals surface area contributed by atoms with Crippen LogP contribution in [0, 0.1) is 0 Å². The van der Waals surface area contributed by atoms with Crippen LogP contribution >= 0.6 is 15.2 Å². The Kier molecular flexibility index (Phi) is 5.63. The normalized spacial score (nSPS) is 27.1. The van der Waals surface area contributed by atoms with Crippen LogP contribution < -0.4 is 11.2 Å². The summed E-state index contributed by atoms with van der Waals surface area (Å²) in [6.45, 7) is -0.608. The number of hydrogen-bond acceptors (Lipinski definition) is 7. The molecule has 136 valence electrons. The van der Waals surface area contributed by atoms with Crippen LogP contribution in [-0.4, -0.2) is 54.1 Å². The van der Waals surface area contributed by atoms with Crippen LogP contribution in [0.1, 0.15) is 12.6 Å². The first-order valence-electron chi connectivity index (χ1n) is 6.63. The molecular formula is C10H16N2O10P2. The average molecular weight is 386 g/mol. The number of nitrogens with zero attached hydrogens (tertiary/aromatic N) is 1. The van der Waals surface area contributed by atoms with E-state index in [0.29, 0.717) is 0 Å². The van der Waals surface area contributed by atoms with Crippen molar-refractivity contribution in [2.75, 3.05) is 12.5 Å². The van der Waals surface area contributed by atoms with E-state index >= 15 is 0 Å². The lowest BCUT2D eigenvalue weighted by molar-refractivity contribution is -0.0423. The van der Waals surface area contributed by atoms with Crippen molar-refractivity contribution < 1.29 is 38.2 Å². The fourth-order valence-electron chi connectivity index (χ4n) is 2.15.